The van der Waals surface area contributed by atoms with Crippen LogP contribution in [-0.2, 0) is 18.1 Å². The van der Waals surface area contributed by atoms with Crippen molar-refractivity contribution < 1.29 is 13.9 Å². The zero-order chi connectivity index (χ0) is 25.8. The van der Waals surface area contributed by atoms with Gasteiger partial charge in [0.2, 0.25) is 17.1 Å². The van der Waals surface area contributed by atoms with E-state index in [1.165, 1.54) is 29.1 Å². The van der Waals surface area contributed by atoms with Crippen molar-refractivity contribution in [3.63, 3.8) is 0 Å². The molecule has 0 aliphatic carbocycles. The predicted molar refractivity (Wildman–Crippen MR) is 131 cm³/mol. The minimum atomic E-state index is -3.46. The van der Waals surface area contributed by atoms with Crippen LogP contribution in [0.3, 0.4) is 0 Å². The summed E-state index contributed by atoms with van der Waals surface area (Å²) in [6.45, 7) is 2.74. The van der Waals surface area contributed by atoms with E-state index in [1.807, 2.05) is 25.1 Å². The Balaban J connectivity index is 1.47. The van der Waals surface area contributed by atoms with Gasteiger partial charge < -0.3 is 10.0 Å². The summed E-state index contributed by atoms with van der Waals surface area (Å²) in [6.07, 6.45) is 5.66. The maximum absolute atomic E-state index is 15.5. The van der Waals surface area contributed by atoms with Crippen LogP contribution in [0.25, 0.3) is 11.2 Å². The highest BCUT2D eigenvalue weighted by Gasteiger charge is 2.40. The summed E-state index contributed by atoms with van der Waals surface area (Å²) >= 11 is 0. The minimum absolute atomic E-state index is 0.0312. The summed E-state index contributed by atoms with van der Waals surface area (Å²) in [5, 5.41) is 27.4. The zero-order valence-corrected chi connectivity index (χ0v) is 19.9. The van der Waals surface area contributed by atoms with Crippen LogP contribution in [0.15, 0.2) is 58.8 Å². The quantitative estimate of drug-likeness (QED) is 0.406. The Hall–Kier alpha value is -4.30. The first kappa shape index (κ1) is 23.1. The van der Waals surface area contributed by atoms with Gasteiger partial charge in [-0.05, 0) is 25.0 Å². The molecule has 11 heteroatoms. The number of alkyl halides is 2. The number of aliphatic hydroxyl groups is 1. The molecule has 0 radical (unpaired) electrons. The number of nitrogens with zero attached hydrogens (tertiary/aromatic N) is 8. The molecule has 2 aromatic heterocycles. The van der Waals surface area contributed by atoms with E-state index in [1.54, 1.807) is 11.0 Å². The Morgan fingerprint density at radius 3 is 2.57 bits per heavy atom. The molecular weight excluding hydrogens is 478 g/mol. The molecule has 186 valence electrons. The molecule has 1 fully saturated rings. The van der Waals surface area contributed by atoms with Gasteiger partial charge >= 0.3 is 5.92 Å². The second kappa shape index (κ2) is 8.38. The number of aromatic nitrogens is 5. The summed E-state index contributed by atoms with van der Waals surface area (Å²) in [6, 6.07) is 12.9. The molecule has 2 aromatic carbocycles. The van der Waals surface area contributed by atoms with Crippen molar-refractivity contribution in [1.82, 2.24) is 25.0 Å². The van der Waals surface area contributed by atoms with Gasteiger partial charge in [0.05, 0.1) is 12.6 Å². The molecule has 9 nitrogen and oxygen atoms in total. The lowest BCUT2D eigenvalue weighted by molar-refractivity contribution is 0.0332. The van der Waals surface area contributed by atoms with Crippen LogP contribution in [0.1, 0.15) is 41.4 Å². The van der Waals surface area contributed by atoms with Crippen molar-refractivity contribution in [2.45, 2.75) is 37.6 Å². The fourth-order valence-electron chi connectivity index (χ4n) is 4.64. The van der Waals surface area contributed by atoms with Crippen molar-refractivity contribution in [1.29, 1.82) is 0 Å². The first-order valence-electron chi connectivity index (χ1n) is 11.8. The van der Waals surface area contributed by atoms with E-state index >= 15 is 8.78 Å². The van der Waals surface area contributed by atoms with Gasteiger partial charge in [-0.3, -0.25) is 0 Å². The van der Waals surface area contributed by atoms with Crippen LogP contribution in [0.4, 0.5) is 14.6 Å². The number of terminal acetylenes is 1. The fourth-order valence-corrected chi connectivity index (χ4v) is 4.64. The van der Waals surface area contributed by atoms with Gasteiger partial charge in [-0.1, -0.05) is 48.4 Å². The van der Waals surface area contributed by atoms with Gasteiger partial charge in [0, 0.05) is 29.8 Å². The minimum Gasteiger partial charge on any atom is -0.391 e. The predicted octanol–water partition coefficient (Wildman–Crippen LogP) is 3.60. The van der Waals surface area contributed by atoms with Gasteiger partial charge in [0.25, 0.3) is 0 Å². The van der Waals surface area contributed by atoms with Gasteiger partial charge in [0.15, 0.2) is 11.3 Å². The molecule has 0 unspecified atom stereocenters. The SMILES string of the molecule is C#Cc1cccc(C2(C)N=N2)c1Cn1nc2nc(C(F)(F)c3ccccc3)nc(N3CC[C@H](O)C3)c2n1. The number of rotatable bonds is 6. The van der Waals surface area contributed by atoms with Crippen LogP contribution in [-0.4, -0.2) is 49.3 Å². The first-order valence-corrected chi connectivity index (χ1v) is 11.8. The lowest BCUT2D eigenvalue weighted by Gasteiger charge is -2.20. The van der Waals surface area contributed by atoms with Crippen molar-refractivity contribution in [3.05, 3.63) is 76.6 Å². The molecule has 6 rings (SSSR count). The Morgan fingerprint density at radius 2 is 1.89 bits per heavy atom. The molecule has 0 amide bonds. The molecule has 2 aliphatic heterocycles. The number of β-amino-alcohol motifs (C(OH)–C–C–N with tert-alkyl or cyclic N) is 1. The smallest absolute Gasteiger partial charge is 0.331 e. The van der Waals surface area contributed by atoms with Crippen molar-refractivity contribution in [3.8, 4) is 12.3 Å². The monoisotopic (exact) mass is 500 g/mol. The first-order chi connectivity index (χ1) is 17.8. The molecule has 1 saturated heterocycles. The van der Waals surface area contributed by atoms with Crippen molar-refractivity contribution >= 4 is 17.0 Å². The Morgan fingerprint density at radius 1 is 1.11 bits per heavy atom. The second-order valence-electron chi connectivity index (χ2n) is 9.30. The van der Waals surface area contributed by atoms with E-state index in [-0.39, 0.29) is 35.6 Å². The average Bonchev–Trinajstić information content (AvgIpc) is 3.30. The van der Waals surface area contributed by atoms with E-state index in [0.29, 0.717) is 18.5 Å². The summed E-state index contributed by atoms with van der Waals surface area (Å²) in [7, 11) is 0. The van der Waals surface area contributed by atoms with Crippen LogP contribution in [0, 0.1) is 12.3 Å². The molecule has 4 aromatic rings. The average molecular weight is 501 g/mol. The summed E-state index contributed by atoms with van der Waals surface area (Å²) in [4.78, 5) is 11.5. The van der Waals surface area contributed by atoms with E-state index in [0.717, 1.165) is 11.1 Å². The number of halogens is 2. The third-order valence-electron chi connectivity index (χ3n) is 6.69. The number of benzene rings is 2. The Labute approximate surface area is 210 Å². The summed E-state index contributed by atoms with van der Waals surface area (Å²) in [5.74, 6) is -1.24. The molecule has 0 spiro atoms. The van der Waals surface area contributed by atoms with Gasteiger partial charge in [-0.2, -0.15) is 23.8 Å². The van der Waals surface area contributed by atoms with Gasteiger partial charge in [0.1, 0.15) is 0 Å². The van der Waals surface area contributed by atoms with E-state index in [2.05, 4.69) is 36.3 Å². The van der Waals surface area contributed by atoms with Crippen LogP contribution in [0.2, 0.25) is 0 Å². The molecule has 4 heterocycles. The number of fused-ring (bicyclic) bond motifs is 1. The normalized spacial score (nSPS) is 18.4. The molecule has 1 N–H and O–H groups in total. The maximum Gasteiger partial charge on any atom is 0.331 e. The zero-order valence-electron chi connectivity index (χ0n) is 19.9. The number of anilines is 1. The highest BCUT2D eigenvalue weighted by atomic mass is 19.3. The van der Waals surface area contributed by atoms with Gasteiger partial charge in [-0.15, -0.1) is 16.6 Å². The van der Waals surface area contributed by atoms with E-state index < -0.39 is 23.5 Å². The fraction of sp³-hybridized carbons (Fsp3) is 0.308. The molecule has 0 bridgehead atoms. The number of aliphatic hydroxyl groups excluding tert-OH is 1. The molecular formula is C26H22F2N8O. The topological polar surface area (TPSA) is 105 Å². The summed E-state index contributed by atoms with van der Waals surface area (Å²) in [5.41, 5.74) is 1.62. The van der Waals surface area contributed by atoms with Crippen molar-refractivity contribution in [2.24, 2.45) is 10.2 Å². The second-order valence-corrected chi connectivity index (χ2v) is 9.30. The Kier molecular flexibility index (Phi) is 5.24. The molecule has 37 heavy (non-hydrogen) atoms. The summed E-state index contributed by atoms with van der Waals surface area (Å²) < 4.78 is 31.0. The third-order valence-corrected chi connectivity index (χ3v) is 6.69. The van der Waals surface area contributed by atoms with Gasteiger partial charge in [-0.25, -0.2) is 9.97 Å². The van der Waals surface area contributed by atoms with Crippen molar-refractivity contribution in [2.75, 3.05) is 18.0 Å². The van der Waals surface area contributed by atoms with E-state index in [4.69, 9.17) is 6.42 Å². The van der Waals surface area contributed by atoms with Crippen LogP contribution < -0.4 is 4.90 Å². The maximum atomic E-state index is 15.5. The number of hydrogen-bond acceptors (Lipinski definition) is 8. The third kappa shape index (κ3) is 3.99. The standard InChI is InChI=1S/C26H22F2N8O/c1-3-16-8-7-11-20(25(2)33-34-25)19(16)15-36-31-21-22(32-36)29-24(26(27,28)17-9-5-4-6-10-17)30-23(21)35-13-12-18(37)14-35/h1,4-11,18,37H,12-15H2,2H3/t18-/m0/s1. The number of hydrogen-bond donors (Lipinski definition) is 1. The Bertz CT molecular complexity index is 1570. The van der Waals surface area contributed by atoms with Crippen LogP contribution in [0.5, 0.6) is 0 Å². The van der Waals surface area contributed by atoms with E-state index in [9.17, 15) is 5.11 Å². The van der Waals surface area contributed by atoms with Crippen LogP contribution >= 0.6 is 0 Å². The molecule has 0 saturated carbocycles. The highest BCUT2D eigenvalue weighted by Crippen LogP contribution is 2.41. The largest absolute Gasteiger partial charge is 0.391 e. The lowest BCUT2D eigenvalue weighted by Crippen LogP contribution is -2.26. The molecule has 2 aliphatic rings. The highest BCUT2D eigenvalue weighted by molar-refractivity contribution is 5.83. The lowest BCUT2D eigenvalue weighted by atomic mass is 9.94. The molecule has 1 atom stereocenters.